The molecule has 0 saturated heterocycles. The lowest BCUT2D eigenvalue weighted by Crippen LogP contribution is -2.30. The quantitative estimate of drug-likeness (QED) is 0.0262. The predicted molar refractivity (Wildman–Crippen MR) is 298 cm³/mol. The van der Waals surface area contributed by atoms with Gasteiger partial charge in [0.2, 0.25) is 0 Å². The second-order valence-corrected chi connectivity index (χ2v) is 19.5. The van der Waals surface area contributed by atoms with Crippen molar-refractivity contribution in [2.75, 3.05) is 13.2 Å². The Morgan fingerprint density at radius 2 is 0.594 bits per heavy atom. The molecule has 69 heavy (non-hydrogen) atoms. The van der Waals surface area contributed by atoms with Gasteiger partial charge in [-0.1, -0.05) is 261 Å². The molecule has 0 bridgehead atoms. The molecule has 0 saturated carbocycles. The Bertz CT molecular complexity index is 1290. The fraction of sp³-hybridized carbons (Fsp3) is 0.762. The molecule has 6 heteroatoms. The van der Waals surface area contributed by atoms with Gasteiger partial charge in [-0.2, -0.15) is 0 Å². The summed E-state index contributed by atoms with van der Waals surface area (Å²) >= 11 is 0. The molecule has 0 aromatic rings. The van der Waals surface area contributed by atoms with E-state index < -0.39 is 6.10 Å². The second-order valence-electron chi connectivity index (χ2n) is 19.5. The maximum Gasteiger partial charge on any atom is 0.306 e. The fourth-order valence-electron chi connectivity index (χ4n) is 8.30. The molecule has 0 aliphatic carbocycles. The van der Waals surface area contributed by atoms with Crippen LogP contribution in [0.15, 0.2) is 72.9 Å². The van der Waals surface area contributed by atoms with Gasteiger partial charge >= 0.3 is 17.9 Å². The lowest BCUT2D eigenvalue weighted by molar-refractivity contribution is -0.167. The van der Waals surface area contributed by atoms with Crippen molar-refractivity contribution in [1.29, 1.82) is 0 Å². The molecule has 0 aromatic carbocycles. The van der Waals surface area contributed by atoms with Gasteiger partial charge in [0.05, 0.1) is 0 Å². The zero-order chi connectivity index (χ0) is 50.0. The summed E-state index contributed by atoms with van der Waals surface area (Å²) in [7, 11) is 0. The first kappa shape index (κ1) is 65.8. The topological polar surface area (TPSA) is 78.9 Å². The van der Waals surface area contributed by atoms with Crippen molar-refractivity contribution in [1.82, 2.24) is 0 Å². The second kappa shape index (κ2) is 57.4. The standard InChI is InChI=1S/C63H110O6/c1-4-7-10-13-16-19-22-25-27-29-31-33-35-38-41-44-47-50-53-56-62(65)68-59-60(58-67-61(64)55-52-49-46-43-40-37-24-21-18-15-12-9-6-3)69-63(66)57-54-51-48-45-42-39-36-34-32-30-28-26-23-20-17-14-11-8-5-2/h7,10,12,15-16,19,21,24-25,27,31,33,60H,4-6,8-9,11,13-14,17-18,20,22-23,26,28-30,32,34-59H2,1-3H3/b10-7-,15-12-,19-16-,24-21-,27-25-,33-31-. The van der Waals surface area contributed by atoms with Gasteiger partial charge < -0.3 is 14.2 Å². The van der Waals surface area contributed by atoms with E-state index in [2.05, 4.69) is 93.7 Å². The number of rotatable bonds is 53. The van der Waals surface area contributed by atoms with Gasteiger partial charge in [0, 0.05) is 19.3 Å². The van der Waals surface area contributed by atoms with E-state index in [0.717, 1.165) is 116 Å². The molecule has 0 radical (unpaired) electrons. The largest absolute Gasteiger partial charge is 0.462 e. The Kier molecular flexibility index (Phi) is 54.8. The highest BCUT2D eigenvalue weighted by molar-refractivity contribution is 5.71. The maximum absolute atomic E-state index is 12.9. The van der Waals surface area contributed by atoms with E-state index in [-0.39, 0.29) is 31.1 Å². The third-order valence-corrected chi connectivity index (χ3v) is 12.7. The third-order valence-electron chi connectivity index (χ3n) is 12.7. The number of allylic oxidation sites excluding steroid dienone is 12. The first-order valence-corrected chi connectivity index (χ1v) is 29.4. The van der Waals surface area contributed by atoms with Crippen LogP contribution in [0.4, 0.5) is 0 Å². The highest BCUT2D eigenvalue weighted by atomic mass is 16.6. The van der Waals surface area contributed by atoms with E-state index in [4.69, 9.17) is 14.2 Å². The Labute approximate surface area is 427 Å². The number of esters is 3. The highest BCUT2D eigenvalue weighted by Gasteiger charge is 2.19. The minimum atomic E-state index is -0.786. The first-order chi connectivity index (χ1) is 34.0. The molecule has 398 valence electrons. The monoisotopic (exact) mass is 963 g/mol. The van der Waals surface area contributed by atoms with Crippen molar-refractivity contribution in [2.24, 2.45) is 0 Å². The predicted octanol–water partition coefficient (Wildman–Crippen LogP) is 19.8. The summed E-state index contributed by atoms with van der Waals surface area (Å²) in [5.41, 5.74) is 0. The summed E-state index contributed by atoms with van der Waals surface area (Å²) in [6.07, 6.45) is 73.2. The molecular formula is C63H110O6. The minimum absolute atomic E-state index is 0.0854. The Morgan fingerprint density at radius 3 is 0.942 bits per heavy atom. The van der Waals surface area contributed by atoms with Gasteiger partial charge in [0.25, 0.3) is 0 Å². The molecule has 0 aliphatic heterocycles. The number of carbonyl (C=O) groups is 3. The van der Waals surface area contributed by atoms with Crippen molar-refractivity contribution >= 4 is 17.9 Å². The van der Waals surface area contributed by atoms with Crippen molar-refractivity contribution in [3.8, 4) is 0 Å². The zero-order valence-electron chi connectivity index (χ0n) is 45.6. The van der Waals surface area contributed by atoms with E-state index in [1.165, 1.54) is 135 Å². The molecule has 0 aromatic heterocycles. The average Bonchev–Trinajstić information content (AvgIpc) is 3.35. The summed E-state index contributed by atoms with van der Waals surface area (Å²) < 4.78 is 16.9. The third kappa shape index (κ3) is 55.6. The van der Waals surface area contributed by atoms with E-state index >= 15 is 0 Å². The van der Waals surface area contributed by atoms with Gasteiger partial charge in [0.1, 0.15) is 13.2 Å². The van der Waals surface area contributed by atoms with Crippen molar-refractivity contribution in [3.05, 3.63) is 72.9 Å². The maximum atomic E-state index is 12.9. The van der Waals surface area contributed by atoms with Crippen LogP contribution in [0.1, 0.15) is 290 Å². The average molecular weight is 964 g/mol. The van der Waals surface area contributed by atoms with Crippen LogP contribution in [-0.4, -0.2) is 37.2 Å². The first-order valence-electron chi connectivity index (χ1n) is 29.4. The number of hydrogen-bond donors (Lipinski definition) is 0. The molecule has 0 fully saturated rings. The Morgan fingerprint density at radius 1 is 0.304 bits per heavy atom. The van der Waals surface area contributed by atoms with Gasteiger partial charge in [-0.15, -0.1) is 0 Å². The summed E-state index contributed by atoms with van der Waals surface area (Å²) in [6.45, 7) is 6.47. The van der Waals surface area contributed by atoms with Crippen molar-refractivity contribution in [2.45, 2.75) is 297 Å². The van der Waals surface area contributed by atoms with Gasteiger partial charge in [-0.3, -0.25) is 14.4 Å². The normalized spacial score (nSPS) is 12.6. The van der Waals surface area contributed by atoms with Crippen LogP contribution in [0.3, 0.4) is 0 Å². The molecule has 0 N–H and O–H groups in total. The van der Waals surface area contributed by atoms with E-state index in [1.807, 2.05) is 0 Å². The van der Waals surface area contributed by atoms with Crippen LogP contribution >= 0.6 is 0 Å². The molecule has 6 nitrogen and oxygen atoms in total. The van der Waals surface area contributed by atoms with E-state index in [1.54, 1.807) is 0 Å². The molecule has 1 unspecified atom stereocenters. The highest BCUT2D eigenvalue weighted by Crippen LogP contribution is 2.16. The summed E-state index contributed by atoms with van der Waals surface area (Å²) in [5, 5.41) is 0. The Balaban J connectivity index is 4.37. The number of hydrogen-bond acceptors (Lipinski definition) is 6. The lowest BCUT2D eigenvalue weighted by atomic mass is 10.0. The van der Waals surface area contributed by atoms with Gasteiger partial charge in [-0.25, -0.2) is 0 Å². The summed E-state index contributed by atoms with van der Waals surface area (Å²) in [4.78, 5) is 38.2. The number of unbranched alkanes of at least 4 members (excludes halogenated alkanes) is 30. The molecule has 0 aliphatic rings. The number of ether oxygens (including phenoxy) is 3. The van der Waals surface area contributed by atoms with Crippen LogP contribution in [0, 0.1) is 0 Å². The summed E-state index contributed by atoms with van der Waals surface area (Å²) in [5.74, 6) is -0.901. The summed E-state index contributed by atoms with van der Waals surface area (Å²) in [6, 6.07) is 0. The van der Waals surface area contributed by atoms with Crippen LogP contribution in [0.2, 0.25) is 0 Å². The van der Waals surface area contributed by atoms with Crippen LogP contribution in [0.25, 0.3) is 0 Å². The van der Waals surface area contributed by atoms with Gasteiger partial charge in [-0.05, 0) is 83.5 Å². The number of carbonyl (C=O) groups excluding carboxylic acids is 3. The van der Waals surface area contributed by atoms with Crippen LogP contribution in [0.5, 0.6) is 0 Å². The molecule has 0 amide bonds. The van der Waals surface area contributed by atoms with Crippen molar-refractivity contribution in [3.63, 3.8) is 0 Å². The Hall–Kier alpha value is -3.15. The molecule has 0 heterocycles. The molecule has 1 atom stereocenters. The molecule has 0 spiro atoms. The smallest absolute Gasteiger partial charge is 0.306 e. The minimum Gasteiger partial charge on any atom is -0.462 e. The zero-order valence-corrected chi connectivity index (χ0v) is 45.6. The van der Waals surface area contributed by atoms with E-state index in [0.29, 0.717) is 19.3 Å². The van der Waals surface area contributed by atoms with E-state index in [9.17, 15) is 14.4 Å². The van der Waals surface area contributed by atoms with Crippen molar-refractivity contribution < 1.29 is 28.6 Å². The van der Waals surface area contributed by atoms with Gasteiger partial charge in [0.15, 0.2) is 6.10 Å². The molecule has 0 rings (SSSR count). The SMILES string of the molecule is CC/C=C\C/C=C\C/C=C\C/C=C\CCCCCCCCC(=O)OCC(COC(=O)CCCCCCC/C=C\C/C=C\CCC)OC(=O)CCCCCCCCCCCCCCCCCCCCC. The van der Waals surface area contributed by atoms with Crippen LogP contribution < -0.4 is 0 Å². The fourth-order valence-corrected chi connectivity index (χ4v) is 8.30. The van der Waals surface area contributed by atoms with Crippen LogP contribution in [-0.2, 0) is 28.6 Å². The molecular weight excluding hydrogens is 853 g/mol. The lowest BCUT2D eigenvalue weighted by Gasteiger charge is -2.18.